The maximum absolute atomic E-state index is 12.8. The van der Waals surface area contributed by atoms with E-state index in [1.165, 1.54) is 0 Å². The van der Waals surface area contributed by atoms with Crippen LogP contribution in [0.2, 0.25) is 0 Å². The van der Waals surface area contributed by atoms with Crippen LogP contribution < -0.4 is 5.73 Å². The highest BCUT2D eigenvalue weighted by Gasteiger charge is 2.34. The first-order valence-corrected chi connectivity index (χ1v) is 7.92. The number of nitrogens with zero attached hydrogens (tertiary/aromatic N) is 4. The van der Waals surface area contributed by atoms with Gasteiger partial charge in [-0.1, -0.05) is 24.3 Å². The molecule has 0 fully saturated rings. The van der Waals surface area contributed by atoms with Gasteiger partial charge in [0.2, 0.25) is 0 Å². The number of hydrogen-bond donors (Lipinski definition) is 1. The Hall–Kier alpha value is -3.54. The number of nitrogen functional groups attached to an aromatic ring is 1. The predicted octanol–water partition coefficient (Wildman–Crippen LogP) is 2.68. The monoisotopic (exact) mass is 327 g/mol. The van der Waals surface area contributed by atoms with Crippen molar-refractivity contribution in [2.24, 2.45) is 0 Å². The number of amides is 1. The van der Waals surface area contributed by atoms with Gasteiger partial charge in [0, 0.05) is 29.0 Å². The molecule has 1 aromatic carbocycles. The number of fused-ring (bicyclic) bond motifs is 2. The molecule has 0 saturated carbocycles. The molecule has 2 N–H and O–H groups in total. The van der Waals surface area contributed by atoms with Crippen molar-refractivity contribution in [1.82, 2.24) is 19.9 Å². The van der Waals surface area contributed by atoms with Crippen LogP contribution in [0.25, 0.3) is 22.2 Å². The van der Waals surface area contributed by atoms with E-state index < -0.39 is 0 Å². The fourth-order valence-electron chi connectivity index (χ4n) is 3.29. The van der Waals surface area contributed by atoms with E-state index in [1.54, 1.807) is 23.5 Å². The molecule has 0 radical (unpaired) electrons. The van der Waals surface area contributed by atoms with Crippen molar-refractivity contribution in [3.8, 4) is 11.3 Å². The number of anilines is 1. The van der Waals surface area contributed by atoms with E-state index in [2.05, 4.69) is 9.97 Å². The second-order valence-electron chi connectivity index (χ2n) is 5.98. The third kappa shape index (κ3) is 1.91. The molecule has 120 valence electrons. The van der Waals surface area contributed by atoms with E-state index in [4.69, 9.17) is 10.7 Å². The van der Waals surface area contributed by atoms with Crippen molar-refractivity contribution in [3.05, 3.63) is 72.0 Å². The molecule has 25 heavy (non-hydrogen) atoms. The highest BCUT2D eigenvalue weighted by molar-refractivity contribution is 6.11. The van der Waals surface area contributed by atoms with Gasteiger partial charge in [0.15, 0.2) is 0 Å². The molecule has 3 heterocycles. The topological polar surface area (TPSA) is 85.0 Å². The molecule has 0 bridgehead atoms. The first-order chi connectivity index (χ1) is 12.2. The van der Waals surface area contributed by atoms with Crippen LogP contribution >= 0.6 is 0 Å². The zero-order valence-corrected chi connectivity index (χ0v) is 13.2. The number of carbonyl (C=O) groups excluding carboxylic acids is 1. The molecule has 0 saturated heterocycles. The molecule has 0 unspecified atom stereocenters. The summed E-state index contributed by atoms with van der Waals surface area (Å²) < 4.78 is 0. The van der Waals surface area contributed by atoms with Gasteiger partial charge in [-0.05, 0) is 12.2 Å². The van der Waals surface area contributed by atoms with Gasteiger partial charge in [-0.15, -0.1) is 0 Å². The first-order valence-electron chi connectivity index (χ1n) is 7.92. The van der Waals surface area contributed by atoms with Crippen LogP contribution in [-0.4, -0.2) is 25.8 Å². The Balaban J connectivity index is 1.74. The zero-order valence-electron chi connectivity index (χ0n) is 13.2. The fourth-order valence-corrected chi connectivity index (χ4v) is 3.29. The lowest BCUT2D eigenvalue weighted by molar-refractivity contribution is 0.0831. The number of nitrogens with two attached hydrogens (primary N) is 1. The normalized spacial score (nSPS) is 15.3. The molecule has 2 aromatic heterocycles. The summed E-state index contributed by atoms with van der Waals surface area (Å²) in [6, 6.07) is 5.72. The number of rotatable bonds is 2. The lowest BCUT2D eigenvalue weighted by Crippen LogP contribution is -2.24. The largest absolute Gasteiger partial charge is 0.397 e. The Morgan fingerprint density at radius 1 is 1.20 bits per heavy atom. The van der Waals surface area contributed by atoms with Crippen LogP contribution in [0.1, 0.15) is 16.1 Å². The SMILES string of the molecule is Nc1c2c(nc3c(-c4cnccn4)cccc13)CN(C1=CC=C1)C2=O. The third-order valence-corrected chi connectivity index (χ3v) is 4.58. The van der Waals surface area contributed by atoms with Crippen molar-refractivity contribution in [2.45, 2.75) is 6.54 Å². The zero-order chi connectivity index (χ0) is 17.0. The summed E-state index contributed by atoms with van der Waals surface area (Å²) in [6.45, 7) is 0.430. The summed E-state index contributed by atoms with van der Waals surface area (Å²) in [7, 11) is 0. The molecule has 5 rings (SSSR count). The van der Waals surface area contributed by atoms with E-state index in [-0.39, 0.29) is 5.91 Å². The number of para-hydroxylation sites is 1. The number of hydrogen-bond acceptors (Lipinski definition) is 5. The van der Waals surface area contributed by atoms with Crippen LogP contribution in [0.15, 0.2) is 60.7 Å². The minimum atomic E-state index is -0.0950. The Kier molecular flexibility index (Phi) is 2.76. The van der Waals surface area contributed by atoms with E-state index in [0.29, 0.717) is 23.5 Å². The number of carbonyl (C=O) groups is 1. The Morgan fingerprint density at radius 2 is 2.08 bits per heavy atom. The van der Waals surface area contributed by atoms with Crippen molar-refractivity contribution in [3.63, 3.8) is 0 Å². The van der Waals surface area contributed by atoms with Gasteiger partial charge in [-0.25, -0.2) is 4.98 Å². The second-order valence-corrected chi connectivity index (χ2v) is 5.98. The van der Waals surface area contributed by atoms with Crippen LogP contribution in [0.4, 0.5) is 5.69 Å². The average molecular weight is 327 g/mol. The van der Waals surface area contributed by atoms with Gasteiger partial charge >= 0.3 is 0 Å². The molecule has 6 heteroatoms. The quantitative estimate of drug-likeness (QED) is 0.782. The van der Waals surface area contributed by atoms with Crippen LogP contribution in [0.5, 0.6) is 0 Å². The third-order valence-electron chi connectivity index (χ3n) is 4.58. The standard InChI is InChI=1S/C19H13N5O/c20-17-13-6-2-5-12(14-9-21-7-8-22-14)18(13)23-15-10-24(11-3-1-4-11)19(25)16(15)17/h1-9H,10H2,(H2,20,23). The summed E-state index contributed by atoms with van der Waals surface area (Å²) in [5.74, 6) is -0.0950. The number of allylic oxidation sites excluding steroid dienone is 3. The Morgan fingerprint density at radius 3 is 2.80 bits per heavy atom. The molecule has 0 atom stereocenters. The van der Waals surface area contributed by atoms with Crippen molar-refractivity contribution in [1.29, 1.82) is 0 Å². The smallest absolute Gasteiger partial charge is 0.262 e. The second kappa shape index (κ2) is 4.98. The van der Waals surface area contributed by atoms with Gasteiger partial charge in [0.05, 0.1) is 40.9 Å². The van der Waals surface area contributed by atoms with Crippen LogP contribution in [0, 0.1) is 0 Å². The lowest BCUT2D eigenvalue weighted by atomic mass is 10.0. The lowest BCUT2D eigenvalue weighted by Gasteiger charge is -2.19. The molecular weight excluding hydrogens is 314 g/mol. The molecule has 3 aromatic rings. The van der Waals surface area contributed by atoms with Gasteiger partial charge in [-0.2, -0.15) is 0 Å². The Labute approximate surface area is 143 Å². The van der Waals surface area contributed by atoms with Crippen molar-refractivity contribution in [2.75, 3.05) is 5.73 Å². The maximum Gasteiger partial charge on any atom is 0.262 e. The minimum Gasteiger partial charge on any atom is -0.397 e. The van der Waals surface area contributed by atoms with E-state index in [1.807, 2.05) is 36.4 Å². The summed E-state index contributed by atoms with van der Waals surface area (Å²) >= 11 is 0. The van der Waals surface area contributed by atoms with E-state index in [0.717, 1.165) is 27.9 Å². The van der Waals surface area contributed by atoms with Gasteiger partial charge in [0.25, 0.3) is 5.91 Å². The molecule has 1 aliphatic heterocycles. The fraction of sp³-hybridized carbons (Fsp3) is 0.0526. The summed E-state index contributed by atoms with van der Waals surface area (Å²) in [5, 5.41) is 0.759. The highest BCUT2D eigenvalue weighted by atomic mass is 16.2. The summed E-state index contributed by atoms with van der Waals surface area (Å²) in [6.07, 6.45) is 10.7. The number of pyridine rings is 1. The Bertz CT molecular complexity index is 1100. The van der Waals surface area contributed by atoms with Gasteiger partial charge in [-0.3, -0.25) is 14.8 Å². The molecule has 1 amide bonds. The van der Waals surface area contributed by atoms with Crippen LogP contribution in [0.3, 0.4) is 0 Å². The van der Waals surface area contributed by atoms with Crippen molar-refractivity contribution < 1.29 is 4.79 Å². The van der Waals surface area contributed by atoms with Gasteiger partial charge in [0.1, 0.15) is 0 Å². The predicted molar refractivity (Wildman–Crippen MR) is 94.3 cm³/mol. The number of aromatic nitrogens is 3. The minimum absolute atomic E-state index is 0.0950. The molecule has 1 aliphatic carbocycles. The number of benzene rings is 1. The van der Waals surface area contributed by atoms with E-state index in [9.17, 15) is 4.79 Å². The van der Waals surface area contributed by atoms with E-state index >= 15 is 0 Å². The molecule has 2 aliphatic rings. The summed E-state index contributed by atoms with van der Waals surface area (Å²) in [4.78, 5) is 27.7. The maximum atomic E-state index is 12.8. The summed E-state index contributed by atoms with van der Waals surface area (Å²) in [5.41, 5.74) is 11.3. The van der Waals surface area contributed by atoms with Gasteiger partial charge < -0.3 is 10.6 Å². The molecule has 0 spiro atoms. The first kappa shape index (κ1) is 13.9. The average Bonchev–Trinajstić information content (AvgIpc) is 2.91. The molecular formula is C19H13N5O. The molecule has 6 nitrogen and oxygen atoms in total. The highest BCUT2D eigenvalue weighted by Crippen LogP contribution is 2.37. The van der Waals surface area contributed by atoms with Crippen molar-refractivity contribution >= 4 is 22.5 Å². The van der Waals surface area contributed by atoms with Crippen LogP contribution in [-0.2, 0) is 6.54 Å².